The van der Waals surface area contributed by atoms with Gasteiger partial charge in [-0.25, -0.2) is 0 Å². The van der Waals surface area contributed by atoms with Crippen molar-refractivity contribution in [3.8, 4) is 0 Å². The first-order valence-corrected chi connectivity index (χ1v) is 20.8. The number of hydrogen-bond acceptors (Lipinski definition) is 5. The number of carbonyl (C=O) groups is 1. The Kier molecular flexibility index (Phi) is 36.6. The second-order valence-electron chi connectivity index (χ2n) is 14.3. The zero-order chi connectivity index (χ0) is 36.0. The minimum Gasteiger partial charge on any atom is -0.394 e. The Bertz CT molecular complexity index is 782. The molecule has 0 aromatic rings. The lowest BCUT2D eigenvalue weighted by molar-refractivity contribution is -0.132. The second-order valence-corrected chi connectivity index (χ2v) is 14.3. The van der Waals surface area contributed by atoms with Crippen LogP contribution in [-0.2, 0) is 4.79 Å². The molecule has 1 amide bonds. The van der Waals surface area contributed by atoms with Gasteiger partial charge in [0.15, 0.2) is 0 Å². The van der Waals surface area contributed by atoms with E-state index in [0.717, 1.165) is 51.4 Å². The van der Waals surface area contributed by atoms with Crippen LogP contribution in [0.4, 0.5) is 0 Å². The molecule has 0 spiro atoms. The predicted molar refractivity (Wildman–Crippen MR) is 210 cm³/mol. The Morgan fingerprint density at radius 1 is 0.531 bits per heavy atom. The van der Waals surface area contributed by atoms with Crippen LogP contribution < -0.4 is 5.32 Å². The van der Waals surface area contributed by atoms with Gasteiger partial charge in [0.2, 0.25) is 5.91 Å². The monoisotopic (exact) mass is 692 g/mol. The number of amides is 1. The molecule has 6 heteroatoms. The van der Waals surface area contributed by atoms with Crippen molar-refractivity contribution in [3.05, 3.63) is 36.5 Å². The molecule has 6 nitrogen and oxygen atoms in total. The molecule has 0 rings (SSSR count). The number of allylic oxidation sites excluding steroid dienone is 6. The molecule has 4 unspecified atom stereocenters. The number of aliphatic hydroxyl groups is 4. The Morgan fingerprint density at radius 3 is 1.33 bits per heavy atom. The third-order valence-electron chi connectivity index (χ3n) is 9.65. The Balaban J connectivity index is 3.74. The van der Waals surface area contributed by atoms with Gasteiger partial charge in [-0.2, -0.15) is 0 Å². The lowest BCUT2D eigenvalue weighted by Crippen LogP contribution is -2.53. The summed E-state index contributed by atoms with van der Waals surface area (Å²) < 4.78 is 0. The molecule has 288 valence electrons. The zero-order valence-corrected chi connectivity index (χ0v) is 32.2. The van der Waals surface area contributed by atoms with Gasteiger partial charge in [0.25, 0.3) is 0 Å². The van der Waals surface area contributed by atoms with E-state index in [1.807, 2.05) is 6.92 Å². The molecule has 0 heterocycles. The number of nitrogens with one attached hydrogen (secondary N) is 1. The van der Waals surface area contributed by atoms with Crippen LogP contribution in [0.5, 0.6) is 0 Å². The first kappa shape index (κ1) is 47.5. The van der Waals surface area contributed by atoms with Crippen LogP contribution in [0.3, 0.4) is 0 Å². The molecule has 5 N–H and O–H groups in total. The van der Waals surface area contributed by atoms with Crippen molar-refractivity contribution in [1.29, 1.82) is 0 Å². The van der Waals surface area contributed by atoms with Crippen molar-refractivity contribution in [2.24, 2.45) is 0 Å². The highest BCUT2D eigenvalue weighted by Gasteiger charge is 2.28. The molecule has 0 aliphatic carbocycles. The third-order valence-corrected chi connectivity index (χ3v) is 9.65. The van der Waals surface area contributed by atoms with E-state index < -0.39 is 36.9 Å². The summed E-state index contributed by atoms with van der Waals surface area (Å²) in [7, 11) is 0. The molecule has 4 atom stereocenters. The molecule has 0 saturated carbocycles. The fourth-order valence-corrected chi connectivity index (χ4v) is 6.33. The molecular formula is C43H81NO5. The summed E-state index contributed by atoms with van der Waals surface area (Å²) >= 11 is 0. The summed E-state index contributed by atoms with van der Waals surface area (Å²) in [5.41, 5.74) is 0. The highest BCUT2D eigenvalue weighted by molar-refractivity contribution is 5.80. The first-order chi connectivity index (χ1) is 24.0. The molecule has 0 saturated heterocycles. The lowest BCUT2D eigenvalue weighted by atomic mass is 10.00. The van der Waals surface area contributed by atoms with Gasteiger partial charge in [0.05, 0.1) is 18.8 Å². The number of rotatable bonds is 37. The van der Waals surface area contributed by atoms with Crippen molar-refractivity contribution >= 4 is 5.91 Å². The van der Waals surface area contributed by atoms with Crippen LogP contribution in [0.25, 0.3) is 0 Å². The average molecular weight is 692 g/mol. The van der Waals surface area contributed by atoms with E-state index in [0.29, 0.717) is 19.3 Å². The van der Waals surface area contributed by atoms with Crippen LogP contribution in [0.1, 0.15) is 200 Å². The van der Waals surface area contributed by atoms with E-state index in [9.17, 15) is 25.2 Å². The molecule has 0 aliphatic rings. The smallest absolute Gasteiger partial charge is 0.249 e. The van der Waals surface area contributed by atoms with Crippen molar-refractivity contribution in [3.63, 3.8) is 0 Å². The van der Waals surface area contributed by atoms with Crippen molar-refractivity contribution < 1.29 is 25.2 Å². The number of hydrogen-bond donors (Lipinski definition) is 5. The summed E-state index contributed by atoms with van der Waals surface area (Å²) in [5, 5.41) is 43.5. The van der Waals surface area contributed by atoms with E-state index in [4.69, 9.17) is 0 Å². The van der Waals surface area contributed by atoms with Crippen LogP contribution in [0.2, 0.25) is 0 Å². The molecular weight excluding hydrogens is 610 g/mol. The molecule has 0 aliphatic heterocycles. The number of aliphatic hydroxyl groups excluding tert-OH is 4. The van der Waals surface area contributed by atoms with Gasteiger partial charge in [-0.3, -0.25) is 4.79 Å². The molecule has 0 bridgehead atoms. The van der Waals surface area contributed by atoms with Crippen molar-refractivity contribution in [2.75, 3.05) is 6.61 Å². The van der Waals surface area contributed by atoms with E-state index >= 15 is 0 Å². The van der Waals surface area contributed by atoms with Crippen LogP contribution >= 0.6 is 0 Å². The first-order valence-electron chi connectivity index (χ1n) is 20.8. The van der Waals surface area contributed by atoms with E-state index in [1.165, 1.54) is 116 Å². The summed E-state index contributed by atoms with van der Waals surface area (Å²) in [4.78, 5) is 12.5. The third kappa shape index (κ3) is 32.2. The quantitative estimate of drug-likeness (QED) is 0.0329. The number of carbonyl (C=O) groups excluding carboxylic acids is 1. The molecule has 49 heavy (non-hydrogen) atoms. The van der Waals surface area contributed by atoms with E-state index in [2.05, 4.69) is 48.7 Å². The molecule has 0 radical (unpaired) electrons. The topological polar surface area (TPSA) is 110 Å². The van der Waals surface area contributed by atoms with Gasteiger partial charge in [-0.1, -0.05) is 178 Å². The lowest BCUT2D eigenvalue weighted by Gasteiger charge is -2.27. The van der Waals surface area contributed by atoms with Gasteiger partial charge in [-0.05, 0) is 58.3 Å². The second kappa shape index (κ2) is 37.8. The van der Waals surface area contributed by atoms with Crippen molar-refractivity contribution in [2.45, 2.75) is 224 Å². The largest absolute Gasteiger partial charge is 0.394 e. The number of unbranched alkanes of at least 4 members (excludes halogenated alkanes) is 23. The maximum absolute atomic E-state index is 12.5. The highest BCUT2D eigenvalue weighted by Crippen LogP contribution is 2.16. The molecule has 0 aromatic heterocycles. The summed E-state index contributed by atoms with van der Waals surface area (Å²) in [6.45, 7) is 3.81. The van der Waals surface area contributed by atoms with E-state index in [-0.39, 0.29) is 0 Å². The Labute approximate surface area is 303 Å². The maximum atomic E-state index is 12.5. The zero-order valence-electron chi connectivity index (χ0n) is 32.2. The normalized spacial score (nSPS) is 14.7. The molecule has 0 aromatic carbocycles. The average Bonchev–Trinajstić information content (AvgIpc) is 3.11. The Hall–Kier alpha value is -1.47. The Morgan fingerprint density at radius 2 is 0.918 bits per heavy atom. The van der Waals surface area contributed by atoms with E-state index in [1.54, 1.807) is 0 Å². The summed E-state index contributed by atoms with van der Waals surface area (Å²) in [6.07, 6.45) is 43.3. The fourth-order valence-electron chi connectivity index (χ4n) is 6.33. The molecule has 0 fully saturated rings. The van der Waals surface area contributed by atoms with Crippen LogP contribution in [0.15, 0.2) is 36.5 Å². The van der Waals surface area contributed by atoms with Gasteiger partial charge in [-0.15, -0.1) is 0 Å². The van der Waals surface area contributed by atoms with Crippen molar-refractivity contribution in [1.82, 2.24) is 5.32 Å². The minimum absolute atomic E-state index is 0.361. The summed E-state index contributed by atoms with van der Waals surface area (Å²) in [6, 6.07) is -1.01. The van der Waals surface area contributed by atoms with Crippen LogP contribution in [0, 0.1) is 0 Å². The standard InChI is InChI=1S/C43H81NO5/c1-3-5-7-9-11-13-15-17-18-19-20-21-22-23-24-25-27-29-31-33-35-37-41(47)43(49)44-39(38-45)42(48)40(46)36-34-32-30-28-26-16-14-12-10-8-6-4-2/h4,6,12,14,28,30,39-42,45-48H,3,5,7-11,13,15-27,29,31-38H2,1-2H3,(H,44,49)/b6-4+,14-12+,30-28+. The van der Waals surface area contributed by atoms with Gasteiger partial charge in [0.1, 0.15) is 12.2 Å². The highest BCUT2D eigenvalue weighted by atomic mass is 16.3. The predicted octanol–water partition coefficient (Wildman–Crippen LogP) is 10.6. The SMILES string of the molecule is C/C=C/CC/C=C/CC/C=C/CCCC(O)C(O)C(CO)NC(=O)C(O)CCCCCCCCCCCCCCCCCCCCCCC. The fraction of sp³-hybridized carbons (Fsp3) is 0.837. The summed E-state index contributed by atoms with van der Waals surface area (Å²) in [5.74, 6) is -0.600. The maximum Gasteiger partial charge on any atom is 0.249 e. The van der Waals surface area contributed by atoms with Crippen LogP contribution in [-0.4, -0.2) is 57.3 Å². The van der Waals surface area contributed by atoms with Gasteiger partial charge in [0, 0.05) is 0 Å². The van der Waals surface area contributed by atoms with Gasteiger partial charge < -0.3 is 25.7 Å². The van der Waals surface area contributed by atoms with Gasteiger partial charge >= 0.3 is 0 Å². The minimum atomic E-state index is -1.29.